The molecule has 0 radical (unpaired) electrons. The topological polar surface area (TPSA) is 122 Å². The monoisotopic (exact) mass is 425 g/mol. The third-order valence-electron chi connectivity index (χ3n) is 4.50. The molecular weight excluding hydrogens is 398 g/mol. The van der Waals surface area contributed by atoms with Gasteiger partial charge in [-0.2, -0.15) is 4.31 Å². The first-order chi connectivity index (χ1) is 13.7. The number of aryl methyl sites for hydroxylation is 1. The minimum absolute atomic E-state index is 0.0248. The van der Waals surface area contributed by atoms with Crippen molar-refractivity contribution in [2.24, 2.45) is 0 Å². The van der Waals surface area contributed by atoms with E-state index in [-0.39, 0.29) is 11.3 Å². The number of rotatable bonds is 8. The Hall–Kier alpha value is -2.46. The summed E-state index contributed by atoms with van der Waals surface area (Å²) in [5, 5.41) is 4.48. The SMILES string of the molecule is CCNC(=O)NC(=O)C(C)OC(=O)CCc1ccc(S(=O)(=O)N2CCCC2)cc1. The van der Waals surface area contributed by atoms with Crippen molar-refractivity contribution < 1.29 is 27.5 Å². The summed E-state index contributed by atoms with van der Waals surface area (Å²) in [5.41, 5.74) is 0.779. The van der Waals surface area contributed by atoms with Crippen LogP contribution in [0.25, 0.3) is 0 Å². The Kier molecular flexibility index (Phi) is 8.15. The summed E-state index contributed by atoms with van der Waals surface area (Å²) in [7, 11) is -3.46. The normalized spacial score (nSPS) is 15.5. The molecule has 3 amide bonds. The van der Waals surface area contributed by atoms with Gasteiger partial charge in [0.15, 0.2) is 6.10 Å². The van der Waals surface area contributed by atoms with Crippen LogP contribution in [-0.4, -0.2) is 56.4 Å². The van der Waals surface area contributed by atoms with E-state index < -0.39 is 34.0 Å². The molecule has 1 aliphatic heterocycles. The van der Waals surface area contributed by atoms with Gasteiger partial charge in [0.2, 0.25) is 10.0 Å². The van der Waals surface area contributed by atoms with Crippen molar-refractivity contribution in [1.29, 1.82) is 0 Å². The molecule has 2 N–H and O–H groups in total. The standard InChI is InChI=1S/C19H27N3O6S/c1-3-20-19(25)21-18(24)14(2)28-17(23)11-8-15-6-9-16(10-7-15)29(26,27)22-12-4-5-13-22/h6-7,9-10,14H,3-5,8,11-13H2,1-2H3,(H2,20,21,24,25). The molecule has 0 aliphatic carbocycles. The molecule has 0 bridgehead atoms. The molecule has 9 nitrogen and oxygen atoms in total. The minimum Gasteiger partial charge on any atom is -0.453 e. The maximum atomic E-state index is 12.5. The maximum Gasteiger partial charge on any atom is 0.321 e. The molecule has 1 heterocycles. The molecule has 1 aromatic carbocycles. The van der Waals surface area contributed by atoms with Crippen molar-refractivity contribution in [2.45, 2.75) is 50.5 Å². The summed E-state index contributed by atoms with van der Waals surface area (Å²) in [4.78, 5) is 35.3. The molecule has 160 valence electrons. The number of nitrogens with zero attached hydrogens (tertiary/aromatic N) is 1. The van der Waals surface area contributed by atoms with Gasteiger partial charge in [0, 0.05) is 26.1 Å². The number of sulfonamides is 1. The van der Waals surface area contributed by atoms with Crippen LogP contribution in [0, 0.1) is 0 Å². The molecule has 1 aromatic rings. The quantitative estimate of drug-likeness (QED) is 0.603. The first-order valence-electron chi connectivity index (χ1n) is 9.61. The third-order valence-corrected chi connectivity index (χ3v) is 6.41. The van der Waals surface area contributed by atoms with Gasteiger partial charge in [0.25, 0.3) is 5.91 Å². The molecular formula is C19H27N3O6S. The van der Waals surface area contributed by atoms with Crippen molar-refractivity contribution in [3.05, 3.63) is 29.8 Å². The average molecular weight is 426 g/mol. The second kappa shape index (κ2) is 10.4. The van der Waals surface area contributed by atoms with E-state index in [1.165, 1.54) is 23.4 Å². The highest BCUT2D eigenvalue weighted by Gasteiger charge is 2.27. The Morgan fingerprint density at radius 2 is 1.76 bits per heavy atom. The number of urea groups is 1. The molecule has 10 heteroatoms. The Morgan fingerprint density at radius 3 is 2.34 bits per heavy atom. The van der Waals surface area contributed by atoms with Gasteiger partial charge in [-0.15, -0.1) is 0 Å². The van der Waals surface area contributed by atoms with Gasteiger partial charge in [0.1, 0.15) is 0 Å². The van der Waals surface area contributed by atoms with Crippen LogP contribution in [0.1, 0.15) is 38.7 Å². The van der Waals surface area contributed by atoms with Crippen molar-refractivity contribution in [1.82, 2.24) is 14.9 Å². The molecule has 29 heavy (non-hydrogen) atoms. The van der Waals surface area contributed by atoms with Crippen LogP contribution in [0.5, 0.6) is 0 Å². The lowest BCUT2D eigenvalue weighted by Crippen LogP contribution is -2.44. The number of nitrogens with one attached hydrogen (secondary N) is 2. The van der Waals surface area contributed by atoms with E-state index >= 15 is 0 Å². The van der Waals surface area contributed by atoms with Crippen molar-refractivity contribution >= 4 is 27.9 Å². The van der Waals surface area contributed by atoms with E-state index in [4.69, 9.17) is 4.74 Å². The second-order valence-electron chi connectivity index (χ2n) is 6.74. The summed E-state index contributed by atoms with van der Waals surface area (Å²) in [6.45, 7) is 4.54. The minimum atomic E-state index is -3.46. The summed E-state index contributed by atoms with van der Waals surface area (Å²) >= 11 is 0. The number of imide groups is 1. The number of carbonyl (C=O) groups is 3. The van der Waals surface area contributed by atoms with Crippen LogP contribution >= 0.6 is 0 Å². The van der Waals surface area contributed by atoms with Crippen LogP contribution in [0.4, 0.5) is 4.79 Å². The fourth-order valence-corrected chi connectivity index (χ4v) is 4.40. The van der Waals surface area contributed by atoms with E-state index in [1.807, 2.05) is 0 Å². The number of hydrogen-bond donors (Lipinski definition) is 2. The summed E-state index contributed by atoms with van der Waals surface area (Å²) in [5.74, 6) is -1.29. The van der Waals surface area contributed by atoms with E-state index in [0.29, 0.717) is 26.1 Å². The second-order valence-corrected chi connectivity index (χ2v) is 8.67. The fraction of sp³-hybridized carbons (Fsp3) is 0.526. The van der Waals surface area contributed by atoms with Gasteiger partial charge in [0.05, 0.1) is 4.90 Å². The summed E-state index contributed by atoms with van der Waals surface area (Å²) in [6, 6.07) is 5.76. The number of carbonyl (C=O) groups excluding carboxylic acids is 3. The third kappa shape index (κ3) is 6.53. The summed E-state index contributed by atoms with van der Waals surface area (Å²) in [6.07, 6.45) is 1.01. The molecule has 1 unspecified atom stereocenters. The number of benzene rings is 1. The first-order valence-corrected chi connectivity index (χ1v) is 11.0. The molecule has 1 fully saturated rings. The number of hydrogen-bond acceptors (Lipinski definition) is 6. The highest BCUT2D eigenvalue weighted by atomic mass is 32.2. The van der Waals surface area contributed by atoms with Gasteiger partial charge in [-0.05, 0) is 50.8 Å². The van der Waals surface area contributed by atoms with E-state index in [9.17, 15) is 22.8 Å². The molecule has 1 atom stereocenters. The van der Waals surface area contributed by atoms with Crippen LogP contribution in [0.3, 0.4) is 0 Å². The average Bonchev–Trinajstić information content (AvgIpc) is 3.22. The van der Waals surface area contributed by atoms with E-state index in [1.54, 1.807) is 19.1 Å². The van der Waals surface area contributed by atoms with Crippen molar-refractivity contribution in [2.75, 3.05) is 19.6 Å². The molecule has 1 aliphatic rings. The van der Waals surface area contributed by atoms with Crippen molar-refractivity contribution in [3.8, 4) is 0 Å². The van der Waals surface area contributed by atoms with E-state index in [0.717, 1.165) is 18.4 Å². The van der Waals surface area contributed by atoms with Gasteiger partial charge in [-0.25, -0.2) is 13.2 Å². The number of ether oxygens (including phenoxy) is 1. The molecule has 0 aromatic heterocycles. The van der Waals surface area contributed by atoms with Gasteiger partial charge >= 0.3 is 12.0 Å². The van der Waals surface area contributed by atoms with E-state index in [2.05, 4.69) is 10.6 Å². The lowest BCUT2D eigenvalue weighted by molar-refractivity contribution is -0.154. The zero-order valence-corrected chi connectivity index (χ0v) is 17.5. The lowest BCUT2D eigenvalue weighted by atomic mass is 10.1. The molecule has 0 saturated carbocycles. The molecule has 0 spiro atoms. The zero-order chi connectivity index (χ0) is 21.4. The van der Waals surface area contributed by atoms with Crippen LogP contribution < -0.4 is 10.6 Å². The fourth-order valence-electron chi connectivity index (χ4n) is 2.88. The predicted octanol–water partition coefficient (Wildman–Crippen LogP) is 1.18. The lowest BCUT2D eigenvalue weighted by Gasteiger charge is -2.15. The first kappa shape index (κ1) is 22.8. The maximum absolute atomic E-state index is 12.5. The highest BCUT2D eigenvalue weighted by molar-refractivity contribution is 7.89. The van der Waals surface area contributed by atoms with Crippen LogP contribution in [-0.2, 0) is 30.8 Å². The Morgan fingerprint density at radius 1 is 1.14 bits per heavy atom. The van der Waals surface area contributed by atoms with Gasteiger partial charge in [-0.1, -0.05) is 12.1 Å². The smallest absolute Gasteiger partial charge is 0.321 e. The van der Waals surface area contributed by atoms with Crippen LogP contribution in [0.15, 0.2) is 29.2 Å². The number of amides is 3. The van der Waals surface area contributed by atoms with Gasteiger partial charge in [-0.3, -0.25) is 14.9 Å². The van der Waals surface area contributed by atoms with Crippen LogP contribution in [0.2, 0.25) is 0 Å². The largest absolute Gasteiger partial charge is 0.453 e. The van der Waals surface area contributed by atoms with Gasteiger partial charge < -0.3 is 10.1 Å². The molecule has 1 saturated heterocycles. The summed E-state index contributed by atoms with van der Waals surface area (Å²) < 4.78 is 31.5. The van der Waals surface area contributed by atoms with Crippen molar-refractivity contribution in [3.63, 3.8) is 0 Å². The predicted molar refractivity (Wildman–Crippen MR) is 106 cm³/mol. The Bertz CT molecular complexity index is 832. The zero-order valence-electron chi connectivity index (χ0n) is 16.6. The Labute approximate surface area is 170 Å². The molecule has 2 rings (SSSR count). The highest BCUT2D eigenvalue weighted by Crippen LogP contribution is 2.21. The number of esters is 1. The Balaban J connectivity index is 1.82.